The summed E-state index contributed by atoms with van der Waals surface area (Å²) in [7, 11) is 0. The van der Waals surface area contributed by atoms with E-state index < -0.39 is 0 Å². The quantitative estimate of drug-likeness (QED) is 0.498. The number of hydrogen-bond acceptors (Lipinski definition) is 1. The van der Waals surface area contributed by atoms with E-state index in [4.69, 9.17) is 0 Å². The van der Waals surface area contributed by atoms with Crippen molar-refractivity contribution in [3.8, 4) is 0 Å². The van der Waals surface area contributed by atoms with Gasteiger partial charge in [0.2, 0.25) is 0 Å². The number of rotatable bonds is 5. The number of fused-ring (bicyclic) bond motifs is 3. The predicted molar refractivity (Wildman–Crippen MR) is 122 cm³/mol. The van der Waals surface area contributed by atoms with E-state index in [0.29, 0.717) is 12.0 Å². The Kier molecular flexibility index (Phi) is 5.08. The van der Waals surface area contributed by atoms with Crippen molar-refractivity contribution in [2.45, 2.75) is 31.2 Å². The highest BCUT2D eigenvalue weighted by Gasteiger charge is 2.39. The van der Waals surface area contributed by atoms with Crippen molar-refractivity contribution in [1.82, 2.24) is 4.90 Å². The zero-order chi connectivity index (χ0) is 19.6. The van der Waals surface area contributed by atoms with Crippen LogP contribution >= 0.6 is 0 Å². The van der Waals surface area contributed by atoms with Crippen LogP contribution in [0.15, 0.2) is 91.5 Å². The van der Waals surface area contributed by atoms with Crippen LogP contribution in [-0.2, 0) is 0 Å². The van der Waals surface area contributed by atoms with Crippen LogP contribution < -0.4 is 0 Å². The molecule has 0 aromatic heterocycles. The molecule has 3 aliphatic rings. The Morgan fingerprint density at radius 2 is 1.38 bits per heavy atom. The van der Waals surface area contributed by atoms with Crippen molar-refractivity contribution in [2.75, 3.05) is 13.1 Å². The molecular weight excluding hydrogens is 350 g/mol. The Morgan fingerprint density at radius 1 is 0.759 bits per heavy atom. The molecule has 1 nitrogen and oxygen atoms in total. The second-order valence-electron chi connectivity index (χ2n) is 8.64. The minimum absolute atomic E-state index is 0.419. The maximum atomic E-state index is 4.41. The molecule has 6 rings (SSSR count). The number of piperidine rings is 3. The van der Waals surface area contributed by atoms with E-state index in [-0.39, 0.29) is 0 Å². The monoisotopic (exact) mass is 379 g/mol. The molecule has 3 aliphatic heterocycles. The Labute approximate surface area is 174 Å². The van der Waals surface area contributed by atoms with Crippen LogP contribution in [0.3, 0.4) is 0 Å². The fraction of sp³-hybridized carbons (Fsp3) is 0.286. The highest BCUT2D eigenvalue weighted by molar-refractivity contribution is 5.78. The highest BCUT2D eigenvalue weighted by Crippen LogP contribution is 2.42. The Balaban J connectivity index is 1.54. The average Bonchev–Trinajstić information content (AvgIpc) is 2.81. The van der Waals surface area contributed by atoms with Crippen molar-refractivity contribution in [2.24, 2.45) is 5.92 Å². The van der Waals surface area contributed by atoms with Crippen LogP contribution in [0.2, 0.25) is 0 Å². The summed E-state index contributed by atoms with van der Waals surface area (Å²) in [6.45, 7) is 6.93. The molecule has 3 fully saturated rings. The van der Waals surface area contributed by atoms with E-state index in [9.17, 15) is 0 Å². The topological polar surface area (TPSA) is 3.24 Å². The first-order valence-corrected chi connectivity index (χ1v) is 10.9. The van der Waals surface area contributed by atoms with Gasteiger partial charge in [-0.15, -0.1) is 0 Å². The summed E-state index contributed by atoms with van der Waals surface area (Å²) >= 11 is 0. The Morgan fingerprint density at radius 3 is 2.03 bits per heavy atom. The lowest BCUT2D eigenvalue weighted by molar-refractivity contribution is 0.0411. The lowest BCUT2D eigenvalue weighted by Gasteiger charge is -2.49. The molecule has 3 aromatic rings. The van der Waals surface area contributed by atoms with Gasteiger partial charge in [-0.05, 0) is 66.1 Å². The van der Waals surface area contributed by atoms with Gasteiger partial charge in [0.15, 0.2) is 0 Å². The third kappa shape index (κ3) is 3.68. The minimum Gasteiger partial charge on any atom is -0.299 e. The summed E-state index contributed by atoms with van der Waals surface area (Å²) in [6, 6.07) is 31.4. The molecule has 0 radical (unpaired) electrons. The summed E-state index contributed by atoms with van der Waals surface area (Å²) < 4.78 is 0. The Bertz CT molecular complexity index is 967. The number of nitrogens with zero attached hydrogens (tertiary/aromatic N) is 1. The largest absolute Gasteiger partial charge is 0.299 e. The third-order valence-corrected chi connectivity index (χ3v) is 6.95. The molecule has 3 aromatic carbocycles. The molecule has 29 heavy (non-hydrogen) atoms. The summed E-state index contributed by atoms with van der Waals surface area (Å²) in [6.07, 6.45) is 4.08. The molecule has 146 valence electrons. The van der Waals surface area contributed by atoms with E-state index in [1.807, 2.05) is 0 Å². The van der Waals surface area contributed by atoms with Gasteiger partial charge < -0.3 is 0 Å². The molecule has 0 amide bonds. The van der Waals surface area contributed by atoms with E-state index in [1.54, 1.807) is 0 Å². The predicted octanol–water partition coefficient (Wildman–Crippen LogP) is 6.36. The van der Waals surface area contributed by atoms with E-state index in [0.717, 1.165) is 11.5 Å². The molecule has 0 N–H and O–H groups in total. The van der Waals surface area contributed by atoms with Crippen molar-refractivity contribution >= 4 is 5.57 Å². The second-order valence-corrected chi connectivity index (χ2v) is 8.64. The molecular formula is C28H29N. The highest BCUT2D eigenvalue weighted by atomic mass is 15.2. The summed E-state index contributed by atoms with van der Waals surface area (Å²) in [5, 5.41) is 0. The van der Waals surface area contributed by atoms with Gasteiger partial charge in [0.25, 0.3) is 0 Å². The van der Waals surface area contributed by atoms with Crippen LogP contribution in [0.5, 0.6) is 0 Å². The maximum Gasteiger partial charge on any atom is 0.0246 e. The van der Waals surface area contributed by atoms with Crippen molar-refractivity contribution in [3.05, 3.63) is 114 Å². The van der Waals surface area contributed by atoms with Gasteiger partial charge in [-0.2, -0.15) is 0 Å². The van der Waals surface area contributed by atoms with Gasteiger partial charge in [-0.1, -0.05) is 91.5 Å². The summed E-state index contributed by atoms with van der Waals surface area (Å²) in [4.78, 5) is 2.75. The zero-order valence-electron chi connectivity index (χ0n) is 17.0. The van der Waals surface area contributed by atoms with Gasteiger partial charge in [0, 0.05) is 12.0 Å². The van der Waals surface area contributed by atoms with Crippen LogP contribution in [0.25, 0.3) is 5.57 Å². The standard InChI is InChI=1S/C28H29N/c1-21(23-9-4-2-5-10-23)25-13-8-14-26(20-25)28(24-11-6-3-7-12-24)27-19-22-15-17-29(27)18-16-22/h2-14,20,22,27-28H,1,15-19H2. The van der Waals surface area contributed by atoms with Crippen LogP contribution in [0.4, 0.5) is 0 Å². The molecule has 2 bridgehead atoms. The molecule has 2 atom stereocenters. The van der Waals surface area contributed by atoms with Crippen LogP contribution in [-0.4, -0.2) is 24.0 Å². The summed E-state index contributed by atoms with van der Waals surface area (Å²) in [5.74, 6) is 1.32. The Hall–Kier alpha value is -2.64. The van der Waals surface area contributed by atoms with Crippen molar-refractivity contribution < 1.29 is 0 Å². The van der Waals surface area contributed by atoms with Gasteiger partial charge in [0.1, 0.15) is 0 Å². The first-order valence-electron chi connectivity index (χ1n) is 10.9. The molecule has 3 heterocycles. The minimum atomic E-state index is 0.419. The molecule has 3 saturated heterocycles. The van der Waals surface area contributed by atoms with Gasteiger partial charge in [-0.25, -0.2) is 0 Å². The number of benzene rings is 3. The second kappa shape index (κ2) is 8.00. The van der Waals surface area contributed by atoms with Gasteiger partial charge in [0.05, 0.1) is 0 Å². The number of hydrogen-bond donors (Lipinski definition) is 0. The van der Waals surface area contributed by atoms with Crippen molar-refractivity contribution in [3.63, 3.8) is 0 Å². The first-order chi connectivity index (χ1) is 14.3. The fourth-order valence-corrected chi connectivity index (χ4v) is 5.38. The molecule has 0 aliphatic carbocycles. The summed E-state index contributed by atoms with van der Waals surface area (Å²) in [5.41, 5.74) is 6.38. The lowest BCUT2D eigenvalue weighted by Crippen LogP contribution is -2.51. The smallest absolute Gasteiger partial charge is 0.0246 e. The van der Waals surface area contributed by atoms with E-state index >= 15 is 0 Å². The normalized spacial score (nSPS) is 24.2. The molecule has 1 heteroatoms. The zero-order valence-corrected chi connectivity index (χ0v) is 17.0. The van der Waals surface area contributed by atoms with E-state index in [1.165, 1.54) is 54.6 Å². The van der Waals surface area contributed by atoms with Gasteiger partial charge in [-0.3, -0.25) is 4.90 Å². The first kappa shape index (κ1) is 18.4. The van der Waals surface area contributed by atoms with Crippen LogP contribution in [0.1, 0.15) is 47.4 Å². The van der Waals surface area contributed by atoms with E-state index in [2.05, 4.69) is 96.4 Å². The van der Waals surface area contributed by atoms with Crippen LogP contribution in [0, 0.1) is 5.92 Å². The maximum absolute atomic E-state index is 4.41. The molecule has 2 unspecified atom stereocenters. The third-order valence-electron chi connectivity index (χ3n) is 6.95. The fourth-order valence-electron chi connectivity index (χ4n) is 5.38. The average molecular weight is 380 g/mol. The molecule has 0 spiro atoms. The lowest BCUT2D eigenvalue weighted by atomic mass is 9.73. The SMILES string of the molecule is C=C(c1ccccc1)c1cccc(C(c2ccccc2)C2CC3CCN2CC3)c1. The molecule has 0 saturated carbocycles. The van der Waals surface area contributed by atoms with Gasteiger partial charge >= 0.3 is 0 Å². The van der Waals surface area contributed by atoms with Crippen molar-refractivity contribution in [1.29, 1.82) is 0 Å².